The highest BCUT2D eigenvalue weighted by molar-refractivity contribution is 5.91. The van der Waals surface area contributed by atoms with Crippen LogP contribution in [0.3, 0.4) is 0 Å². The molecule has 0 aromatic carbocycles. The second kappa shape index (κ2) is 9.38. The molecule has 1 aromatic rings. The van der Waals surface area contributed by atoms with Crippen LogP contribution in [0.2, 0.25) is 0 Å². The van der Waals surface area contributed by atoms with E-state index in [-0.39, 0.29) is 24.9 Å². The van der Waals surface area contributed by atoms with E-state index in [4.69, 9.17) is 0 Å². The fraction of sp³-hybridized carbons (Fsp3) is 0.500. The van der Waals surface area contributed by atoms with Crippen LogP contribution < -0.4 is 5.32 Å². The minimum atomic E-state index is -1.08. The number of aliphatic hydroxyl groups is 1. The van der Waals surface area contributed by atoms with Crippen molar-refractivity contribution in [3.05, 3.63) is 42.3 Å². The van der Waals surface area contributed by atoms with E-state index in [9.17, 15) is 14.7 Å². The number of unbranched alkanes of at least 4 members (excludes halogenated alkanes) is 1. The van der Waals surface area contributed by atoms with E-state index in [2.05, 4.69) is 12.2 Å². The molecule has 1 aromatic heterocycles. The largest absolute Gasteiger partial charge is 0.386 e. The highest BCUT2D eigenvalue weighted by Gasteiger charge is 2.34. The molecule has 1 aliphatic heterocycles. The summed E-state index contributed by atoms with van der Waals surface area (Å²) in [7, 11) is 1.92. The summed E-state index contributed by atoms with van der Waals surface area (Å²) in [5.74, 6) is -0.333. The lowest BCUT2D eigenvalue weighted by Gasteiger charge is -2.38. The van der Waals surface area contributed by atoms with E-state index in [1.807, 2.05) is 36.2 Å². The Balaban J connectivity index is 1.84. The summed E-state index contributed by atoms with van der Waals surface area (Å²) in [5, 5.41) is 13.5. The third kappa shape index (κ3) is 6.19. The number of amides is 2. The van der Waals surface area contributed by atoms with E-state index in [0.717, 1.165) is 24.8 Å². The zero-order valence-electron chi connectivity index (χ0n) is 15.6. The molecule has 1 fully saturated rings. The summed E-state index contributed by atoms with van der Waals surface area (Å²) in [4.78, 5) is 25.8. The van der Waals surface area contributed by atoms with Crippen LogP contribution in [0.1, 0.15) is 38.2 Å². The number of β-amino-alcohol motifs (C(OH)–C–C–N with tert-alkyl or cyclic N) is 1. The number of piperidine rings is 1. The number of nitrogens with one attached hydrogen (secondary N) is 1. The van der Waals surface area contributed by atoms with Gasteiger partial charge in [-0.25, -0.2) is 0 Å². The van der Waals surface area contributed by atoms with Gasteiger partial charge in [-0.3, -0.25) is 9.59 Å². The zero-order valence-corrected chi connectivity index (χ0v) is 15.6. The van der Waals surface area contributed by atoms with Crippen LogP contribution in [-0.4, -0.2) is 51.6 Å². The highest BCUT2D eigenvalue weighted by atomic mass is 16.3. The fourth-order valence-corrected chi connectivity index (χ4v) is 3.01. The number of aryl methyl sites for hydroxylation is 1. The summed E-state index contributed by atoms with van der Waals surface area (Å²) in [6, 6.07) is 1.91. The molecule has 1 atom stereocenters. The predicted molar refractivity (Wildman–Crippen MR) is 102 cm³/mol. The summed E-state index contributed by atoms with van der Waals surface area (Å²) >= 11 is 0. The Hall–Kier alpha value is -2.34. The Morgan fingerprint density at radius 2 is 2.19 bits per heavy atom. The average molecular weight is 359 g/mol. The van der Waals surface area contributed by atoms with Crippen LogP contribution in [0.15, 0.2) is 36.7 Å². The van der Waals surface area contributed by atoms with Crippen LogP contribution in [0, 0.1) is 0 Å². The lowest BCUT2D eigenvalue weighted by Crippen LogP contribution is -2.55. The second-order valence-corrected chi connectivity index (χ2v) is 6.94. The fourth-order valence-electron chi connectivity index (χ4n) is 3.01. The molecule has 26 heavy (non-hydrogen) atoms. The Bertz CT molecular complexity index is 678. The molecule has 0 radical (unpaired) electrons. The Labute approximate surface area is 155 Å². The maximum absolute atomic E-state index is 12.2. The Morgan fingerprint density at radius 3 is 2.88 bits per heavy atom. The third-order valence-corrected chi connectivity index (χ3v) is 4.46. The van der Waals surface area contributed by atoms with Gasteiger partial charge in [-0.05, 0) is 43.0 Å². The van der Waals surface area contributed by atoms with Crippen molar-refractivity contribution in [2.24, 2.45) is 7.05 Å². The Kier molecular flexibility index (Phi) is 7.21. The van der Waals surface area contributed by atoms with Crippen molar-refractivity contribution in [1.82, 2.24) is 14.8 Å². The molecule has 2 amide bonds. The van der Waals surface area contributed by atoms with Gasteiger partial charge in [0.1, 0.15) is 0 Å². The van der Waals surface area contributed by atoms with Gasteiger partial charge < -0.3 is 19.9 Å². The first-order chi connectivity index (χ1) is 12.4. The zero-order chi connectivity index (χ0) is 19.0. The third-order valence-electron chi connectivity index (χ3n) is 4.46. The van der Waals surface area contributed by atoms with Gasteiger partial charge in [-0.2, -0.15) is 0 Å². The van der Waals surface area contributed by atoms with Crippen LogP contribution in [0.4, 0.5) is 0 Å². The number of nitrogens with zero attached hydrogens (tertiary/aromatic N) is 2. The van der Waals surface area contributed by atoms with Crippen LogP contribution in [-0.2, 0) is 16.6 Å². The van der Waals surface area contributed by atoms with Gasteiger partial charge in [0.25, 0.3) is 0 Å². The maximum atomic E-state index is 12.2. The van der Waals surface area contributed by atoms with E-state index in [1.165, 1.54) is 6.08 Å². The summed E-state index contributed by atoms with van der Waals surface area (Å²) in [6.07, 6.45) is 13.6. The summed E-state index contributed by atoms with van der Waals surface area (Å²) < 4.78 is 1.91. The minimum Gasteiger partial charge on any atom is -0.386 e. The minimum absolute atomic E-state index is 0.0770. The maximum Gasteiger partial charge on any atom is 0.246 e. The van der Waals surface area contributed by atoms with Gasteiger partial charge in [-0.1, -0.05) is 19.4 Å². The van der Waals surface area contributed by atoms with Crippen molar-refractivity contribution >= 4 is 17.9 Å². The van der Waals surface area contributed by atoms with Crippen molar-refractivity contribution in [1.29, 1.82) is 0 Å². The molecule has 2 N–H and O–H groups in total. The van der Waals surface area contributed by atoms with Gasteiger partial charge in [0, 0.05) is 38.6 Å². The summed E-state index contributed by atoms with van der Waals surface area (Å²) in [5.41, 5.74) is -0.141. The van der Waals surface area contributed by atoms with Gasteiger partial charge in [0.2, 0.25) is 11.8 Å². The molecule has 0 bridgehead atoms. The number of carbonyl (C=O) groups is 2. The standard InChI is InChI=1S/C20H29N3O3/c1-3-4-5-7-19(25)23-12-6-11-20(26,16-23)15-21-18(24)9-8-17-10-13-22(2)14-17/h5,7-10,13-14,26H,3-4,6,11-12,15-16H2,1-2H3,(H,21,24)/b7-5+,9-8+. The molecular formula is C20H29N3O3. The van der Waals surface area contributed by atoms with Gasteiger partial charge in [0.15, 0.2) is 0 Å². The van der Waals surface area contributed by atoms with Crippen molar-refractivity contribution in [2.45, 2.75) is 38.2 Å². The normalized spacial score (nSPS) is 20.8. The lowest BCUT2D eigenvalue weighted by molar-refractivity contribution is -0.133. The number of allylic oxidation sites excluding steroid dienone is 1. The van der Waals surface area contributed by atoms with Crippen molar-refractivity contribution in [3.63, 3.8) is 0 Å². The van der Waals surface area contributed by atoms with E-state index in [0.29, 0.717) is 13.0 Å². The molecule has 1 saturated heterocycles. The molecule has 6 nitrogen and oxygen atoms in total. The van der Waals surface area contributed by atoms with Gasteiger partial charge in [-0.15, -0.1) is 0 Å². The lowest BCUT2D eigenvalue weighted by atomic mass is 9.92. The monoisotopic (exact) mass is 359 g/mol. The van der Waals surface area contributed by atoms with Crippen LogP contribution >= 0.6 is 0 Å². The number of hydrogen-bond donors (Lipinski definition) is 2. The molecule has 0 aliphatic carbocycles. The Morgan fingerprint density at radius 1 is 1.38 bits per heavy atom. The molecule has 6 heteroatoms. The molecule has 0 spiro atoms. The van der Waals surface area contributed by atoms with E-state index in [1.54, 1.807) is 17.1 Å². The smallest absolute Gasteiger partial charge is 0.246 e. The molecule has 2 heterocycles. The number of rotatable bonds is 7. The molecule has 2 rings (SSSR count). The molecular weight excluding hydrogens is 330 g/mol. The summed E-state index contributed by atoms with van der Waals surface area (Å²) in [6.45, 7) is 3.07. The van der Waals surface area contributed by atoms with Crippen LogP contribution in [0.5, 0.6) is 0 Å². The van der Waals surface area contributed by atoms with Gasteiger partial charge >= 0.3 is 0 Å². The van der Waals surface area contributed by atoms with E-state index < -0.39 is 5.60 Å². The topological polar surface area (TPSA) is 74.6 Å². The first kappa shape index (κ1) is 20.0. The average Bonchev–Trinajstić information content (AvgIpc) is 3.04. The number of likely N-dealkylation sites (tertiary alicyclic amines) is 1. The van der Waals surface area contributed by atoms with Gasteiger partial charge in [0.05, 0.1) is 12.1 Å². The molecule has 142 valence electrons. The molecule has 1 aliphatic rings. The molecule has 0 saturated carbocycles. The van der Waals surface area contributed by atoms with E-state index >= 15 is 0 Å². The first-order valence-corrected chi connectivity index (χ1v) is 9.17. The number of carbonyl (C=O) groups excluding carboxylic acids is 2. The van der Waals surface area contributed by atoms with Crippen LogP contribution in [0.25, 0.3) is 6.08 Å². The predicted octanol–water partition coefficient (Wildman–Crippen LogP) is 1.86. The quantitative estimate of drug-likeness (QED) is 0.730. The van der Waals surface area contributed by atoms with Crippen molar-refractivity contribution in [2.75, 3.05) is 19.6 Å². The van der Waals surface area contributed by atoms with Crippen molar-refractivity contribution < 1.29 is 14.7 Å². The second-order valence-electron chi connectivity index (χ2n) is 6.94. The highest BCUT2D eigenvalue weighted by Crippen LogP contribution is 2.21. The number of aromatic nitrogens is 1. The van der Waals surface area contributed by atoms with Crippen molar-refractivity contribution in [3.8, 4) is 0 Å². The first-order valence-electron chi connectivity index (χ1n) is 9.17. The molecule has 1 unspecified atom stereocenters. The SMILES string of the molecule is CCC/C=C/C(=O)N1CCCC(O)(CNC(=O)/C=C/c2ccn(C)c2)C1. The number of hydrogen-bond acceptors (Lipinski definition) is 3.